The van der Waals surface area contributed by atoms with Crippen LogP contribution in [-0.2, 0) is 10.0 Å². The number of aromatic nitrogens is 1. The normalized spacial score (nSPS) is 15.5. The lowest BCUT2D eigenvalue weighted by Gasteiger charge is -2.16. The third-order valence-electron chi connectivity index (χ3n) is 4.65. The highest BCUT2D eigenvalue weighted by Gasteiger charge is 2.33. The van der Waals surface area contributed by atoms with Crippen LogP contribution in [0.2, 0.25) is 0 Å². The Balaban J connectivity index is 1.94. The average Bonchev–Trinajstić information content (AvgIpc) is 3.18. The minimum absolute atomic E-state index is 0.226. The van der Waals surface area contributed by atoms with Gasteiger partial charge in [-0.1, -0.05) is 18.2 Å². The molecule has 6 nitrogen and oxygen atoms in total. The first-order valence-corrected chi connectivity index (χ1v) is 9.82. The monoisotopic (exact) mass is 361 g/mol. The average molecular weight is 361 g/mol. The Morgan fingerprint density at radius 1 is 1.12 bits per heavy atom. The number of carbonyl (C=O) groups excluding carboxylic acids is 1. The van der Waals surface area contributed by atoms with Gasteiger partial charge in [0.15, 0.2) is 0 Å². The molecule has 1 amide bonds. The molecule has 0 radical (unpaired) electrons. The highest BCUT2D eigenvalue weighted by molar-refractivity contribution is 7.89. The number of amides is 1. The summed E-state index contributed by atoms with van der Waals surface area (Å²) < 4.78 is 27.3. The van der Waals surface area contributed by atoms with Gasteiger partial charge in [0, 0.05) is 24.5 Å². The molecule has 0 aliphatic carbocycles. The predicted octanol–water partition coefficient (Wildman–Crippen LogP) is 2.98. The second kappa shape index (κ2) is 6.65. The van der Waals surface area contributed by atoms with Gasteiger partial charge in [-0.25, -0.2) is 8.42 Å². The van der Waals surface area contributed by atoms with Gasteiger partial charge in [0.1, 0.15) is 10.6 Å². The van der Waals surface area contributed by atoms with Gasteiger partial charge in [-0.15, -0.1) is 0 Å². The van der Waals surface area contributed by atoms with Gasteiger partial charge in [-0.05, 0) is 50.8 Å². The summed E-state index contributed by atoms with van der Waals surface area (Å²) in [5.74, 6) is -0.335. The SMILES string of the molecule is Cc1ccccc1NC(=O)c1[nH]c(C)c(S(=O)(=O)N2CCCC2)c1C. The lowest BCUT2D eigenvalue weighted by atomic mass is 10.2. The summed E-state index contributed by atoms with van der Waals surface area (Å²) in [5.41, 5.74) is 2.91. The number of aryl methyl sites for hydroxylation is 2. The number of aromatic amines is 1. The van der Waals surface area contributed by atoms with E-state index >= 15 is 0 Å². The number of nitrogens with zero attached hydrogens (tertiary/aromatic N) is 1. The van der Waals surface area contributed by atoms with E-state index in [9.17, 15) is 13.2 Å². The lowest BCUT2D eigenvalue weighted by molar-refractivity contribution is 0.102. The molecule has 1 aromatic carbocycles. The fourth-order valence-corrected chi connectivity index (χ4v) is 5.23. The number of rotatable bonds is 4. The molecule has 0 unspecified atom stereocenters. The molecule has 0 spiro atoms. The molecule has 25 heavy (non-hydrogen) atoms. The molecule has 7 heteroatoms. The first-order chi connectivity index (χ1) is 11.8. The van der Waals surface area contributed by atoms with Gasteiger partial charge >= 0.3 is 0 Å². The Kier molecular flexibility index (Phi) is 4.71. The molecule has 2 N–H and O–H groups in total. The Hall–Kier alpha value is -2.12. The van der Waals surface area contributed by atoms with Crippen LogP contribution in [0.1, 0.15) is 40.2 Å². The summed E-state index contributed by atoms with van der Waals surface area (Å²) in [6, 6.07) is 7.47. The number of nitrogens with one attached hydrogen (secondary N) is 2. The van der Waals surface area contributed by atoms with E-state index in [4.69, 9.17) is 0 Å². The van der Waals surface area contributed by atoms with Gasteiger partial charge in [0.2, 0.25) is 10.0 Å². The summed E-state index contributed by atoms with van der Waals surface area (Å²) in [6.45, 7) is 6.36. The second-order valence-corrected chi connectivity index (χ2v) is 8.33. The number of hydrogen-bond donors (Lipinski definition) is 2. The maximum atomic E-state index is 12.9. The molecule has 3 rings (SSSR count). The highest BCUT2D eigenvalue weighted by Crippen LogP contribution is 2.29. The van der Waals surface area contributed by atoms with Gasteiger partial charge in [-0.3, -0.25) is 4.79 Å². The topological polar surface area (TPSA) is 82.3 Å². The van der Waals surface area contributed by atoms with Gasteiger partial charge < -0.3 is 10.3 Å². The third kappa shape index (κ3) is 3.21. The van der Waals surface area contributed by atoms with Crippen molar-refractivity contribution in [1.82, 2.24) is 9.29 Å². The maximum Gasteiger partial charge on any atom is 0.272 e. The van der Waals surface area contributed by atoms with E-state index in [0.29, 0.717) is 35.7 Å². The van der Waals surface area contributed by atoms with Gasteiger partial charge in [0.05, 0.1) is 0 Å². The molecule has 0 bridgehead atoms. The molecule has 1 aliphatic heterocycles. The van der Waals surface area contributed by atoms with Crippen molar-refractivity contribution in [3.8, 4) is 0 Å². The number of carbonyl (C=O) groups is 1. The van der Waals surface area contributed by atoms with Gasteiger partial charge in [-0.2, -0.15) is 4.31 Å². The molecule has 134 valence electrons. The highest BCUT2D eigenvalue weighted by atomic mass is 32.2. The van der Waals surface area contributed by atoms with Crippen LogP contribution in [-0.4, -0.2) is 36.7 Å². The fraction of sp³-hybridized carbons (Fsp3) is 0.389. The maximum absolute atomic E-state index is 12.9. The van der Waals surface area contributed by atoms with Crippen LogP contribution in [0.25, 0.3) is 0 Å². The number of anilines is 1. The van der Waals surface area contributed by atoms with E-state index in [1.165, 1.54) is 4.31 Å². The first kappa shape index (κ1) is 17.7. The molecule has 2 aromatic rings. The van der Waals surface area contributed by atoms with Crippen LogP contribution < -0.4 is 5.32 Å². The second-order valence-electron chi connectivity index (χ2n) is 6.46. The number of para-hydroxylation sites is 1. The molecule has 2 heterocycles. The molecule has 0 saturated carbocycles. The van der Waals surface area contributed by atoms with E-state index in [1.807, 2.05) is 31.2 Å². The zero-order valence-corrected chi connectivity index (χ0v) is 15.5. The summed E-state index contributed by atoms with van der Waals surface area (Å²) in [5, 5.41) is 2.85. The number of H-pyrrole nitrogens is 1. The fourth-order valence-electron chi connectivity index (χ4n) is 3.30. The Bertz CT molecular complexity index is 910. The molecular formula is C18H23N3O3S. The van der Waals surface area contributed by atoms with Crippen molar-refractivity contribution < 1.29 is 13.2 Å². The van der Waals surface area contributed by atoms with Gasteiger partial charge in [0.25, 0.3) is 5.91 Å². The number of benzene rings is 1. The van der Waals surface area contributed by atoms with Crippen molar-refractivity contribution >= 4 is 21.6 Å². The summed E-state index contributed by atoms with van der Waals surface area (Å²) in [4.78, 5) is 15.8. The van der Waals surface area contributed by atoms with E-state index < -0.39 is 10.0 Å². The number of sulfonamides is 1. The Morgan fingerprint density at radius 2 is 1.76 bits per heavy atom. The molecule has 1 saturated heterocycles. The lowest BCUT2D eigenvalue weighted by Crippen LogP contribution is -2.28. The first-order valence-electron chi connectivity index (χ1n) is 8.38. The summed E-state index contributed by atoms with van der Waals surface area (Å²) in [6.07, 6.45) is 1.75. The molecule has 1 fully saturated rings. The smallest absolute Gasteiger partial charge is 0.272 e. The Morgan fingerprint density at radius 3 is 2.40 bits per heavy atom. The largest absolute Gasteiger partial charge is 0.353 e. The van der Waals surface area contributed by atoms with Crippen molar-refractivity contribution in [3.63, 3.8) is 0 Å². The Labute approximate surface area is 148 Å². The zero-order valence-electron chi connectivity index (χ0n) is 14.7. The van der Waals surface area contributed by atoms with Crippen molar-refractivity contribution in [1.29, 1.82) is 0 Å². The third-order valence-corrected chi connectivity index (χ3v) is 6.83. The molecular weight excluding hydrogens is 338 g/mol. The quantitative estimate of drug-likeness (QED) is 0.878. The van der Waals surface area contributed by atoms with Crippen LogP contribution in [0.15, 0.2) is 29.2 Å². The molecule has 0 atom stereocenters. The van der Waals surface area contributed by atoms with E-state index in [-0.39, 0.29) is 10.8 Å². The van der Waals surface area contributed by atoms with E-state index in [0.717, 1.165) is 18.4 Å². The van der Waals surface area contributed by atoms with E-state index in [2.05, 4.69) is 10.3 Å². The minimum Gasteiger partial charge on any atom is -0.353 e. The molecule has 1 aromatic heterocycles. The van der Waals surface area contributed by atoms with E-state index in [1.54, 1.807) is 13.8 Å². The molecule has 1 aliphatic rings. The standard InChI is InChI=1S/C18H23N3O3S/c1-12-8-4-5-9-15(12)20-18(22)16-13(2)17(14(3)19-16)25(23,24)21-10-6-7-11-21/h4-5,8-9,19H,6-7,10-11H2,1-3H3,(H,20,22). The van der Waals surface area contributed by atoms with Crippen molar-refractivity contribution in [2.45, 2.75) is 38.5 Å². The van der Waals surface area contributed by atoms with Crippen molar-refractivity contribution in [2.75, 3.05) is 18.4 Å². The zero-order chi connectivity index (χ0) is 18.2. The predicted molar refractivity (Wildman–Crippen MR) is 97.4 cm³/mol. The van der Waals surface area contributed by atoms with Crippen molar-refractivity contribution in [2.24, 2.45) is 0 Å². The summed E-state index contributed by atoms with van der Waals surface area (Å²) >= 11 is 0. The van der Waals surface area contributed by atoms with Crippen LogP contribution in [0, 0.1) is 20.8 Å². The number of hydrogen-bond acceptors (Lipinski definition) is 3. The van der Waals surface area contributed by atoms with Crippen molar-refractivity contribution in [3.05, 3.63) is 46.8 Å². The van der Waals surface area contributed by atoms with Crippen LogP contribution in [0.5, 0.6) is 0 Å². The van der Waals surface area contributed by atoms with Crippen LogP contribution in [0.4, 0.5) is 5.69 Å². The minimum atomic E-state index is -3.57. The van der Waals surface area contributed by atoms with Crippen LogP contribution >= 0.6 is 0 Å². The van der Waals surface area contributed by atoms with Crippen LogP contribution in [0.3, 0.4) is 0 Å². The summed E-state index contributed by atoms with van der Waals surface area (Å²) in [7, 11) is -3.57.